The lowest BCUT2D eigenvalue weighted by atomic mass is 10.0. The fourth-order valence-electron chi connectivity index (χ4n) is 3.15. The second-order valence-corrected chi connectivity index (χ2v) is 6.56. The molecule has 2 rings (SSSR count). The minimum Gasteiger partial charge on any atom is -0.354 e. The van der Waals surface area contributed by atoms with Crippen LogP contribution in [0.25, 0.3) is 0 Å². The average molecular weight is 321 g/mol. The molecule has 3 atom stereocenters. The number of H-pyrrole nitrogens is 1. The average Bonchev–Trinajstić information content (AvgIpc) is 2.82. The summed E-state index contributed by atoms with van der Waals surface area (Å²) in [5, 5.41) is 3.04. The summed E-state index contributed by atoms with van der Waals surface area (Å²) in [6, 6.07) is 0.998. The molecule has 0 bridgehead atoms. The Labute approximate surface area is 136 Å². The van der Waals surface area contributed by atoms with Crippen LogP contribution < -0.4 is 21.9 Å². The molecule has 7 nitrogen and oxygen atoms in total. The summed E-state index contributed by atoms with van der Waals surface area (Å²) in [5.74, 6) is 0.0292. The number of nitrogens with zero attached hydrogens (tertiary/aromatic N) is 1. The molecule has 0 saturated carbocycles. The van der Waals surface area contributed by atoms with E-state index in [0.717, 1.165) is 24.1 Å². The number of hydrazine groups is 1. The van der Waals surface area contributed by atoms with Gasteiger partial charge in [0.1, 0.15) is 0 Å². The van der Waals surface area contributed by atoms with Gasteiger partial charge in [-0.1, -0.05) is 0 Å². The molecular weight excluding hydrogens is 294 g/mol. The highest BCUT2D eigenvalue weighted by molar-refractivity contribution is 5.76. The van der Waals surface area contributed by atoms with Crippen LogP contribution in [0.15, 0.2) is 4.79 Å². The summed E-state index contributed by atoms with van der Waals surface area (Å²) in [5.41, 5.74) is 8.53. The topological polar surface area (TPSA) is 98.9 Å². The number of hydrogen-bond donors (Lipinski definition) is 4. The van der Waals surface area contributed by atoms with E-state index in [-0.39, 0.29) is 17.6 Å². The minimum absolute atomic E-state index is 0.0292. The van der Waals surface area contributed by atoms with Gasteiger partial charge in [-0.15, -0.1) is 0 Å². The zero-order valence-electron chi connectivity index (χ0n) is 14.3. The first-order chi connectivity index (χ1) is 10.8. The van der Waals surface area contributed by atoms with Gasteiger partial charge in [-0.05, 0) is 52.5 Å². The van der Waals surface area contributed by atoms with Crippen LogP contribution in [-0.4, -0.2) is 34.0 Å². The molecule has 1 fully saturated rings. The van der Waals surface area contributed by atoms with E-state index in [1.165, 1.54) is 0 Å². The maximum atomic E-state index is 12.1. The molecule has 1 aromatic rings. The zero-order valence-corrected chi connectivity index (χ0v) is 14.3. The Morgan fingerprint density at radius 2 is 2.13 bits per heavy atom. The molecule has 128 valence electrons. The second kappa shape index (κ2) is 7.70. The third-order valence-electron chi connectivity index (χ3n) is 4.27. The number of aryl methyl sites for hydroxylation is 2. The molecule has 0 spiro atoms. The van der Waals surface area contributed by atoms with Crippen molar-refractivity contribution in [3.05, 3.63) is 27.4 Å². The van der Waals surface area contributed by atoms with Crippen LogP contribution >= 0.6 is 0 Å². The van der Waals surface area contributed by atoms with Gasteiger partial charge >= 0.3 is 5.69 Å². The van der Waals surface area contributed by atoms with Crippen LogP contribution in [-0.2, 0) is 11.2 Å². The van der Waals surface area contributed by atoms with Gasteiger partial charge in [-0.25, -0.2) is 4.79 Å². The van der Waals surface area contributed by atoms with E-state index < -0.39 is 0 Å². The third-order valence-corrected chi connectivity index (χ3v) is 4.27. The van der Waals surface area contributed by atoms with E-state index in [9.17, 15) is 9.59 Å². The van der Waals surface area contributed by atoms with E-state index in [1.807, 2.05) is 13.8 Å². The molecule has 23 heavy (non-hydrogen) atoms. The molecular formula is C16H27N5O2. The Balaban J connectivity index is 1.80. The van der Waals surface area contributed by atoms with Gasteiger partial charge in [-0.3, -0.25) is 15.6 Å². The van der Waals surface area contributed by atoms with E-state index in [2.05, 4.69) is 33.1 Å². The maximum absolute atomic E-state index is 12.1. The number of rotatable bonds is 6. The van der Waals surface area contributed by atoms with Gasteiger partial charge in [0.05, 0.1) is 0 Å². The molecule has 1 saturated heterocycles. The van der Waals surface area contributed by atoms with Crippen LogP contribution in [0, 0.1) is 13.8 Å². The lowest BCUT2D eigenvalue weighted by molar-refractivity contribution is -0.121. The van der Waals surface area contributed by atoms with Gasteiger partial charge in [0.15, 0.2) is 0 Å². The molecule has 1 aliphatic heterocycles. The van der Waals surface area contributed by atoms with Gasteiger partial charge < -0.3 is 10.3 Å². The first kappa shape index (κ1) is 17.6. The summed E-state index contributed by atoms with van der Waals surface area (Å²) < 4.78 is 0. The van der Waals surface area contributed by atoms with Gasteiger partial charge in [0.25, 0.3) is 0 Å². The van der Waals surface area contributed by atoms with Crippen molar-refractivity contribution in [2.75, 3.05) is 0 Å². The molecule has 1 amide bonds. The normalized spacial score (nSPS) is 22.1. The number of carbonyl (C=O) groups excluding carboxylic acids is 1. The molecule has 2 heterocycles. The maximum Gasteiger partial charge on any atom is 0.345 e. The Morgan fingerprint density at radius 3 is 2.74 bits per heavy atom. The van der Waals surface area contributed by atoms with E-state index in [0.29, 0.717) is 30.6 Å². The van der Waals surface area contributed by atoms with E-state index >= 15 is 0 Å². The predicted molar refractivity (Wildman–Crippen MR) is 89.0 cm³/mol. The van der Waals surface area contributed by atoms with Crippen LogP contribution in [0.3, 0.4) is 0 Å². The van der Waals surface area contributed by atoms with Crippen LogP contribution in [0.1, 0.15) is 50.1 Å². The fraction of sp³-hybridized carbons (Fsp3) is 0.688. The van der Waals surface area contributed by atoms with Crippen molar-refractivity contribution < 1.29 is 4.79 Å². The molecule has 7 heteroatoms. The highest BCUT2D eigenvalue weighted by Crippen LogP contribution is 2.11. The lowest BCUT2D eigenvalue weighted by Gasteiger charge is -2.18. The third kappa shape index (κ3) is 5.14. The van der Waals surface area contributed by atoms with Crippen molar-refractivity contribution in [2.24, 2.45) is 0 Å². The van der Waals surface area contributed by atoms with Crippen LogP contribution in [0.2, 0.25) is 0 Å². The molecule has 0 aromatic carbocycles. The number of aromatic amines is 1. The summed E-state index contributed by atoms with van der Waals surface area (Å²) in [4.78, 5) is 30.0. The van der Waals surface area contributed by atoms with Gasteiger partial charge in [-0.2, -0.15) is 4.98 Å². The quantitative estimate of drug-likeness (QED) is 0.610. The van der Waals surface area contributed by atoms with E-state index in [4.69, 9.17) is 0 Å². The van der Waals surface area contributed by atoms with Crippen molar-refractivity contribution in [3.63, 3.8) is 0 Å². The summed E-state index contributed by atoms with van der Waals surface area (Å²) >= 11 is 0. The largest absolute Gasteiger partial charge is 0.354 e. The second-order valence-electron chi connectivity index (χ2n) is 6.56. The lowest BCUT2D eigenvalue weighted by Crippen LogP contribution is -2.39. The Morgan fingerprint density at radius 1 is 1.39 bits per heavy atom. The fourth-order valence-corrected chi connectivity index (χ4v) is 3.15. The zero-order chi connectivity index (χ0) is 17.0. The van der Waals surface area contributed by atoms with Crippen molar-refractivity contribution in [2.45, 2.75) is 71.5 Å². The molecule has 1 aromatic heterocycles. The monoisotopic (exact) mass is 321 g/mol. The molecule has 0 radical (unpaired) electrons. The van der Waals surface area contributed by atoms with Crippen molar-refractivity contribution in [1.82, 2.24) is 26.1 Å². The summed E-state index contributed by atoms with van der Waals surface area (Å²) in [6.45, 7) is 7.81. The van der Waals surface area contributed by atoms with Crippen molar-refractivity contribution >= 4 is 5.91 Å². The van der Waals surface area contributed by atoms with Crippen LogP contribution in [0.4, 0.5) is 0 Å². The Bertz CT molecular complexity index is 587. The van der Waals surface area contributed by atoms with Crippen LogP contribution in [0.5, 0.6) is 0 Å². The minimum atomic E-state index is -0.339. The summed E-state index contributed by atoms with van der Waals surface area (Å²) in [7, 11) is 0. The standard InChI is InChI=1S/C16H27N5O2/c1-9(7-13-8-10(2)20-21-13)17-15(22)6-5-14-11(3)18-16(23)19-12(14)4/h9-10,13,20-21H,5-8H2,1-4H3,(H,17,22)(H,18,19,23). The highest BCUT2D eigenvalue weighted by Gasteiger charge is 2.22. The van der Waals surface area contributed by atoms with Crippen molar-refractivity contribution in [1.29, 1.82) is 0 Å². The van der Waals surface area contributed by atoms with Crippen molar-refractivity contribution in [3.8, 4) is 0 Å². The number of amides is 1. The number of aromatic nitrogens is 2. The van der Waals surface area contributed by atoms with Gasteiger partial charge in [0, 0.05) is 35.9 Å². The first-order valence-electron chi connectivity index (χ1n) is 8.22. The molecule has 1 aliphatic rings. The molecule has 3 unspecified atom stereocenters. The Hall–Kier alpha value is -1.73. The summed E-state index contributed by atoms with van der Waals surface area (Å²) in [6.07, 6.45) is 2.95. The highest BCUT2D eigenvalue weighted by atomic mass is 16.1. The number of nitrogens with one attached hydrogen (secondary N) is 4. The molecule has 4 N–H and O–H groups in total. The first-order valence-corrected chi connectivity index (χ1v) is 8.22. The number of hydrogen-bond acceptors (Lipinski definition) is 5. The number of carbonyl (C=O) groups is 1. The Kier molecular flexibility index (Phi) is 5.90. The molecule has 0 aliphatic carbocycles. The van der Waals surface area contributed by atoms with E-state index in [1.54, 1.807) is 6.92 Å². The predicted octanol–water partition coefficient (Wildman–Crippen LogP) is 0.469. The van der Waals surface area contributed by atoms with Gasteiger partial charge in [0.2, 0.25) is 5.91 Å². The smallest absolute Gasteiger partial charge is 0.345 e. The SMILES string of the molecule is Cc1nc(=O)[nH]c(C)c1CCC(=O)NC(C)CC1CC(C)NN1.